The summed E-state index contributed by atoms with van der Waals surface area (Å²) in [7, 11) is 1.54. The molecule has 0 spiro atoms. The zero-order valence-corrected chi connectivity index (χ0v) is 11.2. The van der Waals surface area contributed by atoms with Gasteiger partial charge in [-0.15, -0.1) is 0 Å². The number of hydrogen-bond donors (Lipinski definition) is 4. The lowest BCUT2D eigenvalue weighted by atomic mass is 9.93. The topological polar surface area (TPSA) is 99.0 Å². The lowest BCUT2D eigenvalue weighted by Gasteiger charge is -2.36. The number of hydrogen-bond acceptors (Lipinski definition) is 5. The van der Waals surface area contributed by atoms with E-state index in [4.69, 9.17) is 9.84 Å². The summed E-state index contributed by atoms with van der Waals surface area (Å²) < 4.78 is 5.53. The molecule has 0 bridgehead atoms. The van der Waals surface area contributed by atoms with Crippen LogP contribution in [0.15, 0.2) is 24.3 Å². The normalized spacial score (nSPS) is 30.0. The van der Waals surface area contributed by atoms with Gasteiger partial charge in [-0.05, 0) is 17.7 Å². The van der Waals surface area contributed by atoms with Crippen molar-refractivity contribution in [3.05, 3.63) is 35.4 Å². The van der Waals surface area contributed by atoms with Crippen LogP contribution in [-0.2, 0) is 4.74 Å². The molecule has 0 aliphatic carbocycles. The van der Waals surface area contributed by atoms with Crippen LogP contribution in [0.4, 0.5) is 0 Å². The summed E-state index contributed by atoms with van der Waals surface area (Å²) in [6.45, 7) is -0.320. The second-order valence-electron chi connectivity index (χ2n) is 4.85. The van der Waals surface area contributed by atoms with Crippen molar-refractivity contribution < 1.29 is 24.9 Å². The predicted molar refractivity (Wildman–Crippen MR) is 71.2 cm³/mol. The smallest absolute Gasteiger partial charge is 0.251 e. The highest BCUT2D eigenvalue weighted by Crippen LogP contribution is 2.32. The fraction of sp³-hybridized carbons (Fsp3) is 0.500. The maximum Gasteiger partial charge on any atom is 0.251 e. The highest BCUT2D eigenvalue weighted by atomic mass is 16.5. The molecule has 1 aromatic rings. The van der Waals surface area contributed by atoms with E-state index < -0.39 is 24.4 Å². The highest BCUT2D eigenvalue weighted by molar-refractivity contribution is 5.94. The second kappa shape index (κ2) is 6.32. The molecule has 20 heavy (non-hydrogen) atoms. The van der Waals surface area contributed by atoms with E-state index in [9.17, 15) is 15.0 Å². The summed E-state index contributed by atoms with van der Waals surface area (Å²) in [5.41, 5.74) is 1.11. The number of rotatable bonds is 3. The van der Waals surface area contributed by atoms with E-state index >= 15 is 0 Å². The Bertz CT molecular complexity index is 478. The monoisotopic (exact) mass is 281 g/mol. The minimum Gasteiger partial charge on any atom is -0.394 e. The highest BCUT2D eigenvalue weighted by Gasteiger charge is 2.36. The molecular formula is C14H19NO5. The van der Waals surface area contributed by atoms with Gasteiger partial charge in [0.05, 0.1) is 18.8 Å². The Hall–Kier alpha value is -1.47. The van der Waals surface area contributed by atoms with Crippen molar-refractivity contribution in [2.75, 3.05) is 13.7 Å². The van der Waals surface area contributed by atoms with Gasteiger partial charge >= 0.3 is 0 Å². The fourth-order valence-electron chi connectivity index (χ4n) is 2.36. The van der Waals surface area contributed by atoms with Gasteiger partial charge < -0.3 is 25.4 Å². The molecule has 1 aromatic carbocycles. The van der Waals surface area contributed by atoms with Crippen molar-refractivity contribution in [2.45, 2.75) is 30.8 Å². The molecule has 1 saturated heterocycles. The first-order valence-electron chi connectivity index (χ1n) is 6.51. The number of ether oxygens (including phenoxy) is 1. The standard InChI is InChI=1S/C14H19NO5/c1-15-14(19)9-4-2-3-8(5-9)13-11(18)6-10(17)12(7-16)20-13/h2-5,10-13,16-18H,6-7H2,1H3,(H,15,19). The van der Waals surface area contributed by atoms with Gasteiger partial charge in [-0.2, -0.15) is 0 Å². The Morgan fingerprint density at radius 1 is 1.40 bits per heavy atom. The van der Waals surface area contributed by atoms with E-state index in [0.717, 1.165) is 0 Å². The zero-order valence-electron chi connectivity index (χ0n) is 11.2. The van der Waals surface area contributed by atoms with Gasteiger partial charge in [0, 0.05) is 19.0 Å². The maximum atomic E-state index is 11.6. The first kappa shape index (κ1) is 14.9. The third-order valence-corrected chi connectivity index (χ3v) is 3.47. The van der Waals surface area contributed by atoms with Crippen LogP contribution in [0, 0.1) is 0 Å². The van der Waals surface area contributed by atoms with Crippen LogP contribution in [0.1, 0.15) is 28.4 Å². The molecule has 4 N–H and O–H groups in total. The third kappa shape index (κ3) is 2.99. The zero-order chi connectivity index (χ0) is 14.7. The molecule has 1 aliphatic rings. The number of nitrogens with one attached hydrogen (secondary N) is 1. The Morgan fingerprint density at radius 2 is 2.15 bits per heavy atom. The molecule has 0 aromatic heterocycles. The Labute approximate surface area is 117 Å². The number of carbonyl (C=O) groups excluding carboxylic acids is 1. The van der Waals surface area contributed by atoms with Gasteiger partial charge in [0.1, 0.15) is 12.2 Å². The molecule has 0 radical (unpaired) electrons. The molecule has 0 saturated carbocycles. The van der Waals surface area contributed by atoms with Crippen LogP contribution in [0.25, 0.3) is 0 Å². The second-order valence-corrected chi connectivity index (χ2v) is 4.85. The minimum absolute atomic E-state index is 0.125. The van der Waals surface area contributed by atoms with Crippen molar-refractivity contribution in [2.24, 2.45) is 0 Å². The van der Waals surface area contributed by atoms with Crippen LogP contribution in [0.3, 0.4) is 0 Å². The Kier molecular flexibility index (Phi) is 4.72. The van der Waals surface area contributed by atoms with E-state index in [0.29, 0.717) is 11.1 Å². The van der Waals surface area contributed by atoms with Crippen molar-refractivity contribution in [3.8, 4) is 0 Å². The van der Waals surface area contributed by atoms with Crippen LogP contribution < -0.4 is 5.32 Å². The first-order chi connectivity index (χ1) is 9.56. The third-order valence-electron chi connectivity index (χ3n) is 3.47. The summed E-state index contributed by atoms with van der Waals surface area (Å²) in [4.78, 5) is 11.6. The van der Waals surface area contributed by atoms with Crippen molar-refractivity contribution >= 4 is 5.91 Å². The molecule has 2 rings (SSSR count). The summed E-state index contributed by atoms with van der Waals surface area (Å²) in [6, 6.07) is 6.75. The van der Waals surface area contributed by atoms with Gasteiger partial charge in [-0.1, -0.05) is 12.1 Å². The van der Waals surface area contributed by atoms with Crippen molar-refractivity contribution in [1.29, 1.82) is 0 Å². The Morgan fingerprint density at radius 3 is 2.80 bits per heavy atom. The lowest BCUT2D eigenvalue weighted by molar-refractivity contribution is -0.181. The molecule has 1 fully saturated rings. The fourth-order valence-corrected chi connectivity index (χ4v) is 2.36. The Balaban J connectivity index is 2.23. The summed E-state index contributed by atoms with van der Waals surface area (Å²) in [6.07, 6.45) is -3.05. The molecule has 110 valence electrons. The van der Waals surface area contributed by atoms with E-state index in [-0.39, 0.29) is 18.9 Å². The summed E-state index contributed by atoms with van der Waals surface area (Å²) in [5, 5.41) is 31.4. The average molecular weight is 281 g/mol. The number of amides is 1. The summed E-state index contributed by atoms with van der Waals surface area (Å²) >= 11 is 0. The maximum absolute atomic E-state index is 11.6. The molecule has 4 atom stereocenters. The van der Waals surface area contributed by atoms with Crippen LogP contribution >= 0.6 is 0 Å². The van der Waals surface area contributed by atoms with Gasteiger partial charge in [-0.3, -0.25) is 4.79 Å². The number of benzene rings is 1. The van der Waals surface area contributed by atoms with Gasteiger partial charge in [0.25, 0.3) is 5.91 Å². The largest absolute Gasteiger partial charge is 0.394 e. The SMILES string of the molecule is CNC(=O)c1cccc(C2OC(CO)C(O)CC2O)c1. The molecule has 4 unspecified atom stereocenters. The van der Waals surface area contributed by atoms with E-state index in [1.807, 2.05) is 0 Å². The van der Waals surface area contributed by atoms with E-state index in [1.165, 1.54) is 0 Å². The summed E-state index contributed by atoms with van der Waals surface area (Å²) in [5.74, 6) is -0.226. The molecular weight excluding hydrogens is 262 g/mol. The number of aliphatic hydroxyl groups is 3. The molecule has 1 amide bonds. The average Bonchev–Trinajstić information content (AvgIpc) is 2.46. The van der Waals surface area contributed by atoms with Gasteiger partial charge in [0.15, 0.2) is 0 Å². The minimum atomic E-state index is -0.895. The first-order valence-corrected chi connectivity index (χ1v) is 6.51. The van der Waals surface area contributed by atoms with Crippen molar-refractivity contribution in [3.63, 3.8) is 0 Å². The molecule has 1 heterocycles. The number of carbonyl (C=O) groups is 1. The molecule has 6 nitrogen and oxygen atoms in total. The quantitative estimate of drug-likeness (QED) is 0.604. The van der Waals surface area contributed by atoms with E-state index in [1.54, 1.807) is 31.3 Å². The van der Waals surface area contributed by atoms with Crippen LogP contribution in [-0.4, -0.2) is 53.2 Å². The molecule has 1 aliphatic heterocycles. The van der Waals surface area contributed by atoms with Crippen molar-refractivity contribution in [1.82, 2.24) is 5.32 Å². The van der Waals surface area contributed by atoms with Crippen LogP contribution in [0.2, 0.25) is 0 Å². The predicted octanol–water partition coefficient (Wildman–Crippen LogP) is -0.410. The van der Waals surface area contributed by atoms with Gasteiger partial charge in [-0.25, -0.2) is 0 Å². The van der Waals surface area contributed by atoms with Crippen LogP contribution in [0.5, 0.6) is 0 Å². The van der Waals surface area contributed by atoms with Gasteiger partial charge in [0.2, 0.25) is 0 Å². The molecule has 6 heteroatoms. The lowest BCUT2D eigenvalue weighted by Crippen LogP contribution is -2.44. The number of aliphatic hydroxyl groups excluding tert-OH is 3. The van der Waals surface area contributed by atoms with E-state index in [2.05, 4.69) is 5.32 Å².